The lowest BCUT2D eigenvalue weighted by Gasteiger charge is -2.07. The fraction of sp³-hybridized carbons (Fsp3) is 0.0667. The predicted molar refractivity (Wildman–Crippen MR) is 84.9 cm³/mol. The van der Waals surface area contributed by atoms with Crippen molar-refractivity contribution in [3.63, 3.8) is 0 Å². The van der Waals surface area contributed by atoms with Crippen LogP contribution in [0.4, 0.5) is 4.39 Å². The van der Waals surface area contributed by atoms with Crippen molar-refractivity contribution in [1.82, 2.24) is 9.38 Å². The number of aromatic nitrogens is 2. The summed E-state index contributed by atoms with van der Waals surface area (Å²) in [4.78, 5) is 16.4. The molecule has 0 N–H and O–H groups in total. The molecule has 7 heteroatoms. The molecule has 0 fully saturated rings. The fourth-order valence-electron chi connectivity index (χ4n) is 1.92. The molecule has 0 saturated carbocycles. The Labute approximate surface area is 138 Å². The van der Waals surface area contributed by atoms with Gasteiger partial charge in [0.15, 0.2) is 0 Å². The number of fused-ring (bicyclic) bond motifs is 1. The molecule has 0 aliphatic heterocycles. The minimum absolute atomic E-state index is 0.0195. The van der Waals surface area contributed by atoms with E-state index in [1.165, 1.54) is 28.7 Å². The molecule has 22 heavy (non-hydrogen) atoms. The predicted octanol–water partition coefficient (Wildman–Crippen LogP) is 3.83. The van der Waals surface area contributed by atoms with Gasteiger partial charge in [-0.3, -0.25) is 9.20 Å². The third-order valence-corrected chi connectivity index (χ3v) is 3.71. The normalized spacial score (nSPS) is 10.9. The van der Waals surface area contributed by atoms with Crippen LogP contribution in [0, 0.1) is 5.82 Å². The lowest BCUT2D eigenvalue weighted by atomic mass is 10.3. The average Bonchev–Trinajstić information content (AvgIpc) is 2.49. The van der Waals surface area contributed by atoms with Crippen molar-refractivity contribution in [3.8, 4) is 5.75 Å². The molecule has 0 bridgehead atoms. The van der Waals surface area contributed by atoms with E-state index in [0.717, 1.165) is 4.47 Å². The molecule has 2 aromatic heterocycles. The van der Waals surface area contributed by atoms with E-state index >= 15 is 0 Å². The summed E-state index contributed by atoms with van der Waals surface area (Å²) in [5.74, 6) is -0.106. The molecule has 0 radical (unpaired) electrons. The topological polar surface area (TPSA) is 43.6 Å². The van der Waals surface area contributed by atoms with Crippen LogP contribution in [-0.2, 0) is 6.61 Å². The van der Waals surface area contributed by atoms with E-state index in [1.54, 1.807) is 18.3 Å². The summed E-state index contributed by atoms with van der Waals surface area (Å²) in [5, 5.41) is -0.0195. The summed E-state index contributed by atoms with van der Waals surface area (Å²) < 4.78 is 20.8. The highest BCUT2D eigenvalue weighted by atomic mass is 79.9. The lowest BCUT2D eigenvalue weighted by molar-refractivity contribution is 0.301. The molecule has 2 heterocycles. The largest absolute Gasteiger partial charge is 0.487 e. The van der Waals surface area contributed by atoms with Crippen LogP contribution < -0.4 is 10.3 Å². The van der Waals surface area contributed by atoms with Crippen LogP contribution in [0.1, 0.15) is 5.69 Å². The van der Waals surface area contributed by atoms with E-state index in [2.05, 4.69) is 20.9 Å². The summed E-state index contributed by atoms with van der Waals surface area (Å²) in [6.45, 7) is 0.0871. The van der Waals surface area contributed by atoms with Crippen molar-refractivity contribution in [3.05, 3.63) is 74.0 Å². The highest BCUT2D eigenvalue weighted by molar-refractivity contribution is 9.10. The Kier molecular flexibility index (Phi) is 4.13. The van der Waals surface area contributed by atoms with E-state index < -0.39 is 5.82 Å². The maximum Gasteiger partial charge on any atom is 0.258 e. The Morgan fingerprint density at radius 3 is 2.86 bits per heavy atom. The number of hydrogen-bond acceptors (Lipinski definition) is 3. The van der Waals surface area contributed by atoms with Crippen molar-refractivity contribution in [2.24, 2.45) is 0 Å². The van der Waals surface area contributed by atoms with Gasteiger partial charge in [-0.15, -0.1) is 0 Å². The average molecular weight is 384 g/mol. The van der Waals surface area contributed by atoms with Gasteiger partial charge in [0.1, 0.15) is 23.8 Å². The van der Waals surface area contributed by atoms with Gasteiger partial charge < -0.3 is 4.74 Å². The Hall–Kier alpha value is -1.92. The van der Waals surface area contributed by atoms with E-state index in [-0.39, 0.29) is 17.2 Å². The third-order valence-electron chi connectivity index (χ3n) is 2.95. The first kappa shape index (κ1) is 15.0. The highest BCUT2D eigenvalue weighted by Crippen LogP contribution is 2.21. The lowest BCUT2D eigenvalue weighted by Crippen LogP contribution is -2.16. The van der Waals surface area contributed by atoms with Gasteiger partial charge in [0.05, 0.1) is 10.7 Å². The van der Waals surface area contributed by atoms with Gasteiger partial charge in [0.2, 0.25) is 0 Å². The van der Waals surface area contributed by atoms with Gasteiger partial charge >= 0.3 is 0 Å². The molecule has 0 spiro atoms. The van der Waals surface area contributed by atoms with E-state index in [1.807, 2.05) is 0 Å². The van der Waals surface area contributed by atoms with E-state index in [9.17, 15) is 9.18 Å². The summed E-state index contributed by atoms with van der Waals surface area (Å²) in [6, 6.07) is 8.98. The van der Waals surface area contributed by atoms with Crippen molar-refractivity contribution < 1.29 is 9.13 Å². The number of rotatable bonds is 3. The monoisotopic (exact) mass is 382 g/mol. The molecular weight excluding hydrogens is 375 g/mol. The first-order chi connectivity index (χ1) is 10.5. The number of benzene rings is 1. The summed E-state index contributed by atoms with van der Waals surface area (Å²) >= 11 is 8.99. The molecule has 0 amide bonds. The van der Waals surface area contributed by atoms with Crippen LogP contribution in [0.5, 0.6) is 5.75 Å². The molecule has 0 saturated heterocycles. The zero-order valence-corrected chi connectivity index (χ0v) is 13.4. The zero-order valence-electron chi connectivity index (χ0n) is 11.1. The molecule has 112 valence electrons. The van der Waals surface area contributed by atoms with Gasteiger partial charge in [-0.1, -0.05) is 11.6 Å². The third kappa shape index (κ3) is 3.13. The number of ether oxygens (including phenoxy) is 1. The van der Waals surface area contributed by atoms with Crippen LogP contribution in [-0.4, -0.2) is 9.38 Å². The number of nitrogens with zero attached hydrogens (tertiary/aromatic N) is 2. The second-order valence-electron chi connectivity index (χ2n) is 4.53. The molecule has 3 rings (SSSR count). The van der Waals surface area contributed by atoms with Gasteiger partial charge in [0, 0.05) is 22.8 Å². The maximum absolute atomic E-state index is 13.1. The first-order valence-corrected chi connectivity index (χ1v) is 7.46. The van der Waals surface area contributed by atoms with Crippen molar-refractivity contribution in [1.29, 1.82) is 0 Å². The molecule has 0 atom stereocenters. The van der Waals surface area contributed by atoms with Crippen molar-refractivity contribution in [2.45, 2.75) is 6.61 Å². The molecule has 1 aromatic carbocycles. The molecule has 0 aliphatic carbocycles. The van der Waals surface area contributed by atoms with Crippen LogP contribution in [0.3, 0.4) is 0 Å². The van der Waals surface area contributed by atoms with E-state index in [0.29, 0.717) is 17.1 Å². The van der Waals surface area contributed by atoms with Crippen LogP contribution in [0.15, 0.2) is 51.9 Å². The zero-order chi connectivity index (χ0) is 15.7. The van der Waals surface area contributed by atoms with Gasteiger partial charge in [-0.05, 0) is 40.2 Å². The van der Waals surface area contributed by atoms with Crippen LogP contribution in [0.25, 0.3) is 5.65 Å². The molecule has 0 aliphatic rings. The number of halogens is 3. The summed E-state index contributed by atoms with van der Waals surface area (Å²) in [7, 11) is 0. The first-order valence-electron chi connectivity index (χ1n) is 6.28. The second kappa shape index (κ2) is 6.06. The quantitative estimate of drug-likeness (QED) is 0.690. The number of pyridine rings is 1. The minimum Gasteiger partial charge on any atom is -0.487 e. The summed E-state index contributed by atoms with van der Waals surface area (Å²) in [5.41, 5.74) is 0.793. The standard InChI is InChI=1S/C15H9BrClFN2O2/c16-9-1-4-14-19-10(5-15(21)20(14)7-9)8-22-11-2-3-13(18)12(17)6-11/h1-7H,8H2. The second-order valence-corrected chi connectivity index (χ2v) is 5.85. The van der Waals surface area contributed by atoms with Crippen molar-refractivity contribution in [2.75, 3.05) is 0 Å². The fourth-order valence-corrected chi connectivity index (χ4v) is 2.43. The SMILES string of the molecule is O=c1cc(COc2ccc(F)c(Cl)c2)nc2ccc(Br)cn12. The molecular formula is C15H9BrClFN2O2. The number of hydrogen-bond donors (Lipinski definition) is 0. The van der Waals surface area contributed by atoms with Crippen LogP contribution in [0.2, 0.25) is 5.02 Å². The maximum atomic E-state index is 13.1. The Bertz CT molecular complexity index is 914. The Balaban J connectivity index is 1.86. The van der Waals surface area contributed by atoms with Gasteiger partial charge in [-0.25, -0.2) is 9.37 Å². The van der Waals surface area contributed by atoms with E-state index in [4.69, 9.17) is 16.3 Å². The van der Waals surface area contributed by atoms with Gasteiger partial charge in [-0.2, -0.15) is 0 Å². The Morgan fingerprint density at radius 2 is 2.09 bits per heavy atom. The Morgan fingerprint density at radius 1 is 1.27 bits per heavy atom. The van der Waals surface area contributed by atoms with Crippen molar-refractivity contribution >= 4 is 33.2 Å². The summed E-state index contributed by atoms with van der Waals surface area (Å²) in [6.07, 6.45) is 1.65. The van der Waals surface area contributed by atoms with Crippen LogP contribution >= 0.6 is 27.5 Å². The smallest absolute Gasteiger partial charge is 0.258 e. The molecule has 3 aromatic rings. The highest BCUT2D eigenvalue weighted by Gasteiger charge is 2.06. The molecule has 4 nitrogen and oxygen atoms in total. The minimum atomic E-state index is -0.512. The molecule has 0 unspecified atom stereocenters. The van der Waals surface area contributed by atoms with Gasteiger partial charge in [0.25, 0.3) is 5.56 Å².